The van der Waals surface area contributed by atoms with E-state index in [1.54, 1.807) is 37.1 Å². The molecule has 11 heteroatoms. The van der Waals surface area contributed by atoms with E-state index in [2.05, 4.69) is 10.6 Å². The molecule has 45 heavy (non-hydrogen) atoms. The maximum Gasteiger partial charge on any atom is 0.314 e. The van der Waals surface area contributed by atoms with E-state index in [9.17, 15) is 19.2 Å². The lowest BCUT2D eigenvalue weighted by Crippen LogP contribution is -2.46. The second kappa shape index (κ2) is 16.8. The third-order valence-corrected chi connectivity index (χ3v) is 8.15. The fourth-order valence-electron chi connectivity index (χ4n) is 5.64. The fourth-order valence-corrected chi connectivity index (χ4v) is 5.64. The zero-order chi connectivity index (χ0) is 32.1. The van der Waals surface area contributed by atoms with Crippen LogP contribution in [0.25, 0.3) is 0 Å². The third-order valence-electron chi connectivity index (χ3n) is 8.15. The van der Waals surface area contributed by atoms with E-state index < -0.39 is 11.4 Å². The summed E-state index contributed by atoms with van der Waals surface area (Å²) in [5, 5.41) is 5.82. The van der Waals surface area contributed by atoms with Gasteiger partial charge in [-0.2, -0.15) is 0 Å². The average Bonchev–Trinajstić information content (AvgIpc) is 3.05. The topological polar surface area (TPSA) is 132 Å². The van der Waals surface area contributed by atoms with Crippen LogP contribution in [0.3, 0.4) is 0 Å². The number of hydrogen-bond donors (Lipinski definition) is 2. The average molecular weight is 624 g/mol. The number of nitrogens with one attached hydrogen (secondary N) is 2. The molecule has 2 aromatic rings. The third kappa shape index (κ3) is 9.68. The zero-order valence-electron chi connectivity index (χ0n) is 26.4. The van der Waals surface area contributed by atoms with Crippen molar-refractivity contribution < 1.29 is 38.1 Å². The van der Waals surface area contributed by atoms with Gasteiger partial charge in [0.25, 0.3) is 11.8 Å². The molecule has 0 spiro atoms. The van der Waals surface area contributed by atoms with Crippen LogP contribution in [0.15, 0.2) is 42.5 Å². The van der Waals surface area contributed by atoms with Crippen molar-refractivity contribution in [2.24, 2.45) is 5.41 Å². The quantitative estimate of drug-likeness (QED) is 0.470. The van der Waals surface area contributed by atoms with Gasteiger partial charge in [-0.05, 0) is 86.9 Å². The minimum Gasteiger partial charge on any atom is -0.493 e. The molecule has 2 bridgehead atoms. The molecule has 0 saturated heterocycles. The summed E-state index contributed by atoms with van der Waals surface area (Å²) in [5.41, 5.74) is 1.38. The van der Waals surface area contributed by atoms with Crippen molar-refractivity contribution >= 4 is 23.7 Å². The zero-order valence-corrected chi connectivity index (χ0v) is 26.4. The maximum absolute atomic E-state index is 13.6. The van der Waals surface area contributed by atoms with Crippen LogP contribution in [0, 0.1) is 5.41 Å². The molecule has 2 N–H and O–H groups in total. The number of hydrogen-bond acceptors (Lipinski definition) is 8. The first-order valence-corrected chi connectivity index (χ1v) is 15.8. The van der Waals surface area contributed by atoms with Crippen LogP contribution in [0.2, 0.25) is 0 Å². The number of ether oxygens (including phenoxy) is 4. The smallest absolute Gasteiger partial charge is 0.314 e. The molecule has 3 aliphatic rings. The van der Waals surface area contributed by atoms with Crippen LogP contribution in [0.4, 0.5) is 0 Å². The van der Waals surface area contributed by atoms with E-state index in [0.29, 0.717) is 69.8 Å². The maximum atomic E-state index is 13.6. The van der Waals surface area contributed by atoms with Gasteiger partial charge in [-0.25, -0.2) is 0 Å². The Bertz CT molecular complexity index is 1320. The number of nitrogens with zero attached hydrogens (tertiary/aromatic N) is 1. The molecule has 0 aromatic heterocycles. The first-order valence-electron chi connectivity index (χ1n) is 15.8. The summed E-state index contributed by atoms with van der Waals surface area (Å²) in [4.78, 5) is 54.3. The highest BCUT2D eigenvalue weighted by Gasteiger charge is 2.40. The van der Waals surface area contributed by atoms with Crippen molar-refractivity contribution in [3.63, 3.8) is 0 Å². The molecule has 11 nitrogen and oxygen atoms in total. The van der Waals surface area contributed by atoms with E-state index in [0.717, 1.165) is 29.7 Å². The predicted molar refractivity (Wildman–Crippen MR) is 167 cm³/mol. The number of fused-ring (bicyclic) bond motifs is 18. The standard InChI is InChI=1S/C34H45N3O8/c1-3-43-33(41)34(15-20-42-2)22-25-9-12-28(13-10-25)45-23-31(39)35-16-6-18-37(17-4-8-30(38)36-24-34)32(40)27-11-14-29-26(21-27)7-5-19-44-29/h9-14,21H,3-8,15-20,22-24H2,1-2H3,(H,35,39)(H,36,38). The number of rotatable bonds is 6. The van der Waals surface area contributed by atoms with Gasteiger partial charge in [-0.1, -0.05) is 12.1 Å². The van der Waals surface area contributed by atoms with Crippen LogP contribution in [0.1, 0.15) is 60.5 Å². The van der Waals surface area contributed by atoms with Gasteiger partial charge in [0.2, 0.25) is 5.91 Å². The monoisotopic (exact) mass is 623 g/mol. The Hall–Kier alpha value is -4.12. The Morgan fingerprint density at radius 1 is 0.956 bits per heavy atom. The number of aryl methyl sites for hydroxylation is 1. The number of esters is 1. The molecule has 0 fully saturated rings. The van der Waals surface area contributed by atoms with Gasteiger partial charge in [-0.15, -0.1) is 0 Å². The molecule has 3 amide bonds. The van der Waals surface area contributed by atoms with Crippen LogP contribution in [-0.2, 0) is 36.7 Å². The molecular formula is C34H45N3O8. The first-order chi connectivity index (χ1) is 21.8. The summed E-state index contributed by atoms with van der Waals surface area (Å²) in [6.07, 6.45) is 3.55. The Kier molecular flexibility index (Phi) is 12.6. The van der Waals surface area contributed by atoms with Crippen molar-refractivity contribution in [2.45, 2.75) is 51.9 Å². The predicted octanol–water partition coefficient (Wildman–Crippen LogP) is 3.08. The lowest BCUT2D eigenvalue weighted by Gasteiger charge is -2.32. The van der Waals surface area contributed by atoms with Gasteiger partial charge in [0.05, 0.1) is 18.6 Å². The van der Waals surface area contributed by atoms with Crippen molar-refractivity contribution in [3.05, 3.63) is 59.2 Å². The van der Waals surface area contributed by atoms with Gasteiger partial charge in [0.15, 0.2) is 6.61 Å². The van der Waals surface area contributed by atoms with Crippen molar-refractivity contribution in [1.29, 1.82) is 0 Å². The highest BCUT2D eigenvalue weighted by atomic mass is 16.5. The summed E-state index contributed by atoms with van der Waals surface area (Å²) in [6, 6.07) is 12.7. The van der Waals surface area contributed by atoms with Crippen LogP contribution >= 0.6 is 0 Å². The Balaban J connectivity index is 1.52. The summed E-state index contributed by atoms with van der Waals surface area (Å²) in [6.45, 7) is 3.99. The number of methoxy groups -OCH3 is 1. The van der Waals surface area contributed by atoms with Crippen molar-refractivity contribution in [1.82, 2.24) is 15.5 Å². The highest BCUT2D eigenvalue weighted by molar-refractivity contribution is 5.94. The van der Waals surface area contributed by atoms with Crippen molar-refractivity contribution in [2.75, 3.05) is 59.7 Å². The van der Waals surface area contributed by atoms with Crippen LogP contribution in [-0.4, -0.2) is 88.3 Å². The molecule has 1 unspecified atom stereocenters. The van der Waals surface area contributed by atoms with E-state index >= 15 is 0 Å². The molecule has 0 saturated carbocycles. The fraction of sp³-hybridized carbons (Fsp3) is 0.529. The second-order valence-corrected chi connectivity index (χ2v) is 11.5. The minimum atomic E-state index is -1.05. The summed E-state index contributed by atoms with van der Waals surface area (Å²) < 4.78 is 22.2. The molecule has 1 atom stereocenters. The summed E-state index contributed by atoms with van der Waals surface area (Å²) >= 11 is 0. The lowest BCUT2D eigenvalue weighted by molar-refractivity contribution is -0.156. The van der Waals surface area contributed by atoms with Gasteiger partial charge < -0.3 is 34.5 Å². The van der Waals surface area contributed by atoms with E-state index in [1.807, 2.05) is 24.3 Å². The molecule has 5 rings (SSSR count). The number of carbonyl (C=O) groups excluding carboxylic acids is 4. The first kappa shape index (κ1) is 33.8. The molecule has 2 aromatic carbocycles. The van der Waals surface area contributed by atoms with Gasteiger partial charge in [0, 0.05) is 51.9 Å². The largest absolute Gasteiger partial charge is 0.493 e. The molecule has 0 aliphatic carbocycles. The minimum absolute atomic E-state index is 0.0757. The Morgan fingerprint density at radius 2 is 1.76 bits per heavy atom. The number of benzene rings is 2. The van der Waals surface area contributed by atoms with Gasteiger partial charge in [-0.3, -0.25) is 19.2 Å². The molecular weight excluding hydrogens is 578 g/mol. The SMILES string of the molecule is CCOC(=O)C1(CCOC)CNC(=O)CCCN(C(=O)c2ccc3c(c2)CCCO3)CCCNC(=O)COc2ccc(cc2)C1. The molecule has 0 radical (unpaired) electrons. The van der Waals surface area contributed by atoms with Gasteiger partial charge >= 0.3 is 5.97 Å². The van der Waals surface area contributed by atoms with Crippen LogP contribution in [0.5, 0.6) is 11.5 Å². The normalized spacial score (nSPS) is 20.1. The molecule has 3 heterocycles. The van der Waals surface area contributed by atoms with E-state index in [1.165, 1.54) is 0 Å². The van der Waals surface area contributed by atoms with Crippen LogP contribution < -0.4 is 20.1 Å². The lowest BCUT2D eigenvalue weighted by atomic mass is 9.78. The van der Waals surface area contributed by atoms with Gasteiger partial charge in [0.1, 0.15) is 11.5 Å². The molecule has 3 aliphatic heterocycles. The van der Waals surface area contributed by atoms with E-state index in [-0.39, 0.29) is 43.9 Å². The van der Waals surface area contributed by atoms with E-state index in [4.69, 9.17) is 18.9 Å². The summed E-state index contributed by atoms with van der Waals surface area (Å²) in [7, 11) is 1.57. The Labute approximate surface area is 264 Å². The Morgan fingerprint density at radius 3 is 2.53 bits per heavy atom. The molecule has 244 valence electrons. The second-order valence-electron chi connectivity index (χ2n) is 11.5. The number of carbonyl (C=O) groups is 4. The van der Waals surface area contributed by atoms with Crippen molar-refractivity contribution in [3.8, 4) is 11.5 Å². The summed E-state index contributed by atoms with van der Waals surface area (Å²) in [5.74, 6) is 0.301. The highest BCUT2D eigenvalue weighted by Crippen LogP contribution is 2.30. The number of amides is 3.